The zero-order valence-electron chi connectivity index (χ0n) is 6.48. The summed E-state index contributed by atoms with van der Waals surface area (Å²) in [7, 11) is 0. The molecule has 1 aliphatic heterocycles. The highest BCUT2D eigenvalue weighted by molar-refractivity contribution is 4.76. The van der Waals surface area contributed by atoms with Crippen LogP contribution in [0.4, 0.5) is 0 Å². The van der Waals surface area contributed by atoms with Crippen LogP contribution in [-0.4, -0.2) is 13.1 Å². The van der Waals surface area contributed by atoms with Gasteiger partial charge >= 0.3 is 0 Å². The molecule has 1 nitrogen and oxygen atoms in total. The minimum Gasteiger partial charge on any atom is -0.316 e. The molecule has 1 rings (SSSR count). The van der Waals surface area contributed by atoms with Crippen molar-refractivity contribution in [3.05, 3.63) is 0 Å². The Bertz CT molecular complexity index is 80.6. The first kappa shape index (κ1) is 7.07. The zero-order chi connectivity index (χ0) is 6.69. The maximum absolute atomic E-state index is 3.41. The summed E-state index contributed by atoms with van der Waals surface area (Å²) < 4.78 is 0. The molecular weight excluding hydrogens is 110 g/mol. The van der Waals surface area contributed by atoms with Gasteiger partial charge in [0, 0.05) is 0 Å². The largest absolute Gasteiger partial charge is 0.316 e. The second-order valence-corrected chi connectivity index (χ2v) is 3.18. The SMILES string of the molecule is CCC[C@@H]1CNC[C@@H]1C. The van der Waals surface area contributed by atoms with Crippen LogP contribution in [0.2, 0.25) is 0 Å². The molecule has 0 saturated carbocycles. The van der Waals surface area contributed by atoms with Gasteiger partial charge in [0.2, 0.25) is 0 Å². The third kappa shape index (κ3) is 1.68. The zero-order valence-corrected chi connectivity index (χ0v) is 6.48. The Morgan fingerprint density at radius 3 is 2.67 bits per heavy atom. The molecule has 1 heteroatoms. The third-order valence-electron chi connectivity index (χ3n) is 2.34. The molecule has 2 atom stereocenters. The van der Waals surface area contributed by atoms with Crippen molar-refractivity contribution in [2.24, 2.45) is 11.8 Å². The van der Waals surface area contributed by atoms with Crippen molar-refractivity contribution < 1.29 is 0 Å². The van der Waals surface area contributed by atoms with Crippen molar-refractivity contribution in [1.82, 2.24) is 5.32 Å². The molecule has 0 aromatic rings. The molecule has 0 radical (unpaired) electrons. The maximum Gasteiger partial charge on any atom is -0.00174 e. The molecule has 0 unspecified atom stereocenters. The molecule has 0 spiro atoms. The van der Waals surface area contributed by atoms with Gasteiger partial charge in [0.15, 0.2) is 0 Å². The predicted molar refractivity (Wildman–Crippen MR) is 40.4 cm³/mol. The fourth-order valence-corrected chi connectivity index (χ4v) is 1.62. The standard InChI is InChI=1S/C8H17N/c1-3-4-8-6-9-5-7(8)2/h7-9H,3-6H2,1-2H3/t7-,8+/m0/s1. The van der Waals surface area contributed by atoms with E-state index in [1.807, 2.05) is 0 Å². The van der Waals surface area contributed by atoms with Crippen LogP contribution >= 0.6 is 0 Å². The van der Waals surface area contributed by atoms with Gasteiger partial charge in [-0.3, -0.25) is 0 Å². The first-order valence-corrected chi connectivity index (χ1v) is 4.05. The number of nitrogens with one attached hydrogen (secondary N) is 1. The minimum absolute atomic E-state index is 0.921. The lowest BCUT2D eigenvalue weighted by Gasteiger charge is -2.11. The van der Waals surface area contributed by atoms with Gasteiger partial charge in [0.1, 0.15) is 0 Å². The summed E-state index contributed by atoms with van der Waals surface area (Å²) in [5.41, 5.74) is 0. The van der Waals surface area contributed by atoms with Crippen molar-refractivity contribution in [2.45, 2.75) is 26.7 Å². The fourth-order valence-electron chi connectivity index (χ4n) is 1.62. The van der Waals surface area contributed by atoms with Crippen LogP contribution in [0.25, 0.3) is 0 Å². The summed E-state index contributed by atoms with van der Waals surface area (Å²) in [5, 5.41) is 3.41. The van der Waals surface area contributed by atoms with E-state index in [1.165, 1.54) is 25.9 Å². The highest BCUT2D eigenvalue weighted by Gasteiger charge is 2.21. The number of rotatable bonds is 2. The first-order valence-electron chi connectivity index (χ1n) is 4.05. The van der Waals surface area contributed by atoms with E-state index in [0.29, 0.717) is 0 Å². The van der Waals surface area contributed by atoms with Crippen LogP contribution in [-0.2, 0) is 0 Å². The van der Waals surface area contributed by atoms with Crippen molar-refractivity contribution >= 4 is 0 Å². The molecular formula is C8H17N. The topological polar surface area (TPSA) is 12.0 Å². The number of hydrogen-bond acceptors (Lipinski definition) is 1. The Morgan fingerprint density at radius 2 is 2.22 bits per heavy atom. The van der Waals surface area contributed by atoms with E-state index >= 15 is 0 Å². The Hall–Kier alpha value is -0.0400. The lowest BCUT2D eigenvalue weighted by atomic mass is 9.94. The van der Waals surface area contributed by atoms with Gasteiger partial charge in [-0.1, -0.05) is 20.3 Å². The summed E-state index contributed by atoms with van der Waals surface area (Å²) in [6.45, 7) is 7.12. The summed E-state index contributed by atoms with van der Waals surface area (Å²) in [5.74, 6) is 1.89. The fraction of sp³-hybridized carbons (Fsp3) is 1.00. The van der Waals surface area contributed by atoms with E-state index in [-0.39, 0.29) is 0 Å². The Balaban J connectivity index is 2.22. The predicted octanol–water partition coefficient (Wildman–Crippen LogP) is 1.64. The van der Waals surface area contributed by atoms with Crippen LogP contribution in [0.5, 0.6) is 0 Å². The van der Waals surface area contributed by atoms with E-state index < -0.39 is 0 Å². The molecule has 1 fully saturated rings. The third-order valence-corrected chi connectivity index (χ3v) is 2.34. The van der Waals surface area contributed by atoms with Crippen LogP contribution in [0.1, 0.15) is 26.7 Å². The Morgan fingerprint density at radius 1 is 1.44 bits per heavy atom. The summed E-state index contributed by atoms with van der Waals surface area (Å²) in [4.78, 5) is 0. The molecule has 0 bridgehead atoms. The van der Waals surface area contributed by atoms with E-state index in [0.717, 1.165) is 11.8 Å². The quantitative estimate of drug-likeness (QED) is 0.594. The maximum atomic E-state index is 3.41. The van der Waals surface area contributed by atoms with Crippen molar-refractivity contribution in [3.63, 3.8) is 0 Å². The van der Waals surface area contributed by atoms with Crippen molar-refractivity contribution in [2.75, 3.05) is 13.1 Å². The van der Waals surface area contributed by atoms with Crippen LogP contribution in [0.3, 0.4) is 0 Å². The highest BCUT2D eigenvalue weighted by atomic mass is 14.9. The average molecular weight is 127 g/mol. The Kier molecular flexibility index (Phi) is 2.52. The molecule has 9 heavy (non-hydrogen) atoms. The molecule has 0 aliphatic carbocycles. The van der Waals surface area contributed by atoms with Gasteiger partial charge in [-0.15, -0.1) is 0 Å². The molecule has 54 valence electrons. The summed E-state index contributed by atoms with van der Waals surface area (Å²) in [6.07, 6.45) is 2.75. The van der Waals surface area contributed by atoms with Crippen LogP contribution in [0.15, 0.2) is 0 Å². The smallest absolute Gasteiger partial charge is 0.00174 e. The second-order valence-electron chi connectivity index (χ2n) is 3.18. The molecule has 1 heterocycles. The van der Waals surface area contributed by atoms with E-state index in [1.54, 1.807) is 0 Å². The van der Waals surface area contributed by atoms with Crippen molar-refractivity contribution in [3.8, 4) is 0 Å². The molecule has 0 amide bonds. The second kappa shape index (κ2) is 3.21. The first-order chi connectivity index (χ1) is 4.34. The van der Waals surface area contributed by atoms with Gasteiger partial charge in [-0.05, 0) is 31.3 Å². The normalized spacial score (nSPS) is 35.3. The van der Waals surface area contributed by atoms with Gasteiger partial charge in [0.25, 0.3) is 0 Å². The molecule has 1 saturated heterocycles. The Labute approximate surface area is 57.8 Å². The molecule has 1 aliphatic rings. The van der Waals surface area contributed by atoms with Crippen LogP contribution in [0, 0.1) is 11.8 Å². The molecule has 0 aromatic heterocycles. The lowest BCUT2D eigenvalue weighted by Crippen LogP contribution is -2.08. The lowest BCUT2D eigenvalue weighted by molar-refractivity contribution is 0.418. The molecule has 0 aromatic carbocycles. The minimum atomic E-state index is 0.921. The average Bonchev–Trinajstić information content (AvgIpc) is 2.18. The van der Waals surface area contributed by atoms with Crippen molar-refractivity contribution in [1.29, 1.82) is 0 Å². The van der Waals surface area contributed by atoms with E-state index in [9.17, 15) is 0 Å². The van der Waals surface area contributed by atoms with Gasteiger partial charge in [0.05, 0.1) is 0 Å². The van der Waals surface area contributed by atoms with Gasteiger partial charge in [-0.25, -0.2) is 0 Å². The molecule has 1 N–H and O–H groups in total. The van der Waals surface area contributed by atoms with E-state index in [4.69, 9.17) is 0 Å². The van der Waals surface area contributed by atoms with Gasteiger partial charge in [-0.2, -0.15) is 0 Å². The monoisotopic (exact) mass is 127 g/mol. The van der Waals surface area contributed by atoms with E-state index in [2.05, 4.69) is 19.2 Å². The summed E-state index contributed by atoms with van der Waals surface area (Å²) in [6, 6.07) is 0. The summed E-state index contributed by atoms with van der Waals surface area (Å²) >= 11 is 0. The number of hydrogen-bond donors (Lipinski definition) is 1. The van der Waals surface area contributed by atoms with Crippen LogP contribution < -0.4 is 5.32 Å². The van der Waals surface area contributed by atoms with Gasteiger partial charge < -0.3 is 5.32 Å². The highest BCUT2D eigenvalue weighted by Crippen LogP contribution is 2.20.